The van der Waals surface area contributed by atoms with E-state index >= 15 is 0 Å². The number of amides is 1. The van der Waals surface area contributed by atoms with Gasteiger partial charge in [-0.3, -0.25) is 9.59 Å². The van der Waals surface area contributed by atoms with Crippen LogP contribution < -0.4 is 10.1 Å². The summed E-state index contributed by atoms with van der Waals surface area (Å²) in [5.74, 6) is -0.376. The molecule has 154 valence electrons. The molecule has 7 heteroatoms. The van der Waals surface area contributed by atoms with Crippen molar-refractivity contribution in [3.63, 3.8) is 0 Å². The SMILES string of the molecule is COc1cccc(C(=O)NC2(C(=O)c3cccc(C)c3)CCS(=O)(=O)CC2)c1C. The van der Waals surface area contributed by atoms with Crippen LogP contribution in [0.4, 0.5) is 0 Å². The first-order valence-corrected chi connectivity index (χ1v) is 11.3. The van der Waals surface area contributed by atoms with Crippen molar-refractivity contribution in [2.24, 2.45) is 0 Å². The number of hydrogen-bond donors (Lipinski definition) is 1. The molecule has 29 heavy (non-hydrogen) atoms. The predicted octanol–water partition coefficient (Wildman–Crippen LogP) is 2.87. The van der Waals surface area contributed by atoms with Gasteiger partial charge in [-0.2, -0.15) is 0 Å². The highest BCUT2D eigenvalue weighted by Crippen LogP contribution is 2.30. The van der Waals surface area contributed by atoms with Crippen LogP contribution in [0.3, 0.4) is 0 Å². The molecule has 3 rings (SSSR count). The highest BCUT2D eigenvalue weighted by Gasteiger charge is 2.45. The van der Waals surface area contributed by atoms with E-state index in [4.69, 9.17) is 4.74 Å². The largest absolute Gasteiger partial charge is 0.496 e. The van der Waals surface area contributed by atoms with E-state index in [9.17, 15) is 18.0 Å². The first-order chi connectivity index (χ1) is 13.7. The van der Waals surface area contributed by atoms with Gasteiger partial charge in [-0.25, -0.2) is 8.42 Å². The molecule has 1 saturated heterocycles. The highest BCUT2D eigenvalue weighted by atomic mass is 32.2. The minimum atomic E-state index is -3.22. The van der Waals surface area contributed by atoms with Gasteiger partial charge in [-0.15, -0.1) is 0 Å². The van der Waals surface area contributed by atoms with Crippen LogP contribution in [0.2, 0.25) is 0 Å². The summed E-state index contributed by atoms with van der Waals surface area (Å²) in [5.41, 5.74) is 1.19. The van der Waals surface area contributed by atoms with Crippen molar-refractivity contribution in [1.29, 1.82) is 0 Å². The van der Waals surface area contributed by atoms with Gasteiger partial charge in [0.1, 0.15) is 11.3 Å². The zero-order valence-corrected chi connectivity index (χ0v) is 17.6. The van der Waals surface area contributed by atoms with Gasteiger partial charge in [-0.05, 0) is 44.9 Å². The Bertz CT molecular complexity index is 1040. The standard InChI is InChI=1S/C22H25NO5S/c1-15-6-4-7-17(14-15)20(24)22(10-12-29(26,27)13-11-22)23-21(25)18-8-5-9-19(28-3)16(18)2/h4-9,14H,10-13H2,1-3H3,(H,23,25). The van der Waals surface area contributed by atoms with Crippen molar-refractivity contribution in [3.8, 4) is 5.75 Å². The first-order valence-electron chi connectivity index (χ1n) is 9.45. The molecular formula is C22H25NO5S. The molecule has 0 atom stereocenters. The molecule has 1 aliphatic rings. The molecule has 0 saturated carbocycles. The van der Waals surface area contributed by atoms with Gasteiger partial charge in [0.05, 0.1) is 18.6 Å². The lowest BCUT2D eigenvalue weighted by Gasteiger charge is -2.36. The lowest BCUT2D eigenvalue weighted by Crippen LogP contribution is -2.58. The van der Waals surface area contributed by atoms with Crippen molar-refractivity contribution in [2.75, 3.05) is 18.6 Å². The summed E-state index contributed by atoms with van der Waals surface area (Å²) in [6.07, 6.45) is 0.105. The highest BCUT2D eigenvalue weighted by molar-refractivity contribution is 7.91. The maximum Gasteiger partial charge on any atom is 0.252 e. The van der Waals surface area contributed by atoms with E-state index in [2.05, 4.69) is 5.32 Å². The number of sulfone groups is 1. The Morgan fingerprint density at radius 3 is 2.31 bits per heavy atom. The molecule has 1 aliphatic heterocycles. The number of ether oxygens (including phenoxy) is 1. The van der Waals surface area contributed by atoms with Crippen LogP contribution in [0, 0.1) is 13.8 Å². The van der Waals surface area contributed by atoms with Crippen molar-refractivity contribution < 1.29 is 22.7 Å². The Hall–Kier alpha value is -2.67. The Labute approximate surface area is 171 Å². The monoisotopic (exact) mass is 415 g/mol. The summed E-state index contributed by atoms with van der Waals surface area (Å²) >= 11 is 0. The van der Waals surface area contributed by atoms with Crippen molar-refractivity contribution in [3.05, 3.63) is 64.7 Å². The second-order valence-corrected chi connectivity index (χ2v) is 9.82. The zero-order chi connectivity index (χ0) is 21.2. The number of benzene rings is 2. The molecule has 0 bridgehead atoms. The Kier molecular flexibility index (Phi) is 5.80. The van der Waals surface area contributed by atoms with E-state index in [1.54, 1.807) is 43.3 Å². The zero-order valence-electron chi connectivity index (χ0n) is 16.8. The molecule has 0 unspecified atom stereocenters. The molecule has 1 heterocycles. The second kappa shape index (κ2) is 7.99. The third-order valence-corrected chi connectivity index (χ3v) is 7.15. The van der Waals surface area contributed by atoms with Crippen LogP contribution in [0.1, 0.15) is 44.7 Å². The van der Waals surface area contributed by atoms with E-state index < -0.39 is 21.3 Å². The molecule has 1 fully saturated rings. The molecule has 2 aromatic rings. The van der Waals surface area contributed by atoms with Gasteiger partial charge in [0, 0.05) is 16.7 Å². The van der Waals surface area contributed by atoms with E-state index in [0.717, 1.165) is 5.56 Å². The van der Waals surface area contributed by atoms with Gasteiger partial charge in [0.25, 0.3) is 5.91 Å². The topological polar surface area (TPSA) is 89.5 Å². The van der Waals surface area contributed by atoms with E-state index in [0.29, 0.717) is 22.4 Å². The van der Waals surface area contributed by atoms with E-state index in [1.165, 1.54) is 7.11 Å². The van der Waals surface area contributed by atoms with Crippen LogP contribution in [0.15, 0.2) is 42.5 Å². The number of aryl methyl sites for hydroxylation is 1. The molecule has 0 aliphatic carbocycles. The number of hydrogen-bond acceptors (Lipinski definition) is 5. The molecule has 6 nitrogen and oxygen atoms in total. The fourth-order valence-corrected chi connectivity index (χ4v) is 5.25. The smallest absolute Gasteiger partial charge is 0.252 e. The van der Waals surface area contributed by atoms with Crippen molar-refractivity contribution in [1.82, 2.24) is 5.32 Å². The number of nitrogens with one attached hydrogen (secondary N) is 1. The number of carbonyl (C=O) groups excluding carboxylic acids is 2. The van der Waals surface area contributed by atoms with Crippen LogP contribution >= 0.6 is 0 Å². The lowest BCUT2D eigenvalue weighted by atomic mass is 9.83. The normalized spacial score (nSPS) is 17.3. The van der Waals surface area contributed by atoms with Gasteiger partial charge in [0.15, 0.2) is 15.6 Å². The summed E-state index contributed by atoms with van der Waals surface area (Å²) in [6.45, 7) is 3.65. The first kappa shape index (κ1) is 21.0. The number of methoxy groups -OCH3 is 1. The Balaban J connectivity index is 1.98. The molecule has 2 aromatic carbocycles. The summed E-state index contributed by atoms with van der Waals surface area (Å²) in [5, 5.41) is 2.89. The van der Waals surface area contributed by atoms with Crippen molar-refractivity contribution >= 4 is 21.5 Å². The van der Waals surface area contributed by atoms with E-state index in [1.807, 2.05) is 13.0 Å². The maximum atomic E-state index is 13.4. The number of ketones is 1. The van der Waals surface area contributed by atoms with E-state index in [-0.39, 0.29) is 30.1 Å². The van der Waals surface area contributed by atoms with Crippen molar-refractivity contribution in [2.45, 2.75) is 32.2 Å². The predicted molar refractivity (Wildman–Crippen MR) is 111 cm³/mol. The van der Waals surface area contributed by atoms with Gasteiger partial charge in [0.2, 0.25) is 0 Å². The quantitative estimate of drug-likeness (QED) is 0.759. The molecule has 0 aromatic heterocycles. The van der Waals surface area contributed by atoms with Crippen LogP contribution in [0.25, 0.3) is 0 Å². The van der Waals surface area contributed by atoms with Crippen LogP contribution in [-0.2, 0) is 9.84 Å². The van der Waals surface area contributed by atoms with Crippen LogP contribution in [0.5, 0.6) is 5.75 Å². The molecule has 1 N–H and O–H groups in total. The number of Topliss-reactive ketones (excluding diaryl/α,β-unsaturated/α-hetero) is 1. The summed E-state index contributed by atoms with van der Waals surface area (Å²) in [4.78, 5) is 26.5. The third kappa shape index (κ3) is 4.34. The third-order valence-electron chi connectivity index (χ3n) is 5.50. The summed E-state index contributed by atoms with van der Waals surface area (Å²) in [7, 11) is -1.69. The van der Waals surface area contributed by atoms with Crippen LogP contribution in [-0.4, -0.2) is 44.3 Å². The maximum absolute atomic E-state index is 13.4. The molecular weight excluding hydrogens is 390 g/mol. The fourth-order valence-electron chi connectivity index (χ4n) is 3.72. The lowest BCUT2D eigenvalue weighted by molar-refractivity contribution is 0.0750. The summed E-state index contributed by atoms with van der Waals surface area (Å²) in [6, 6.07) is 12.3. The average molecular weight is 416 g/mol. The Morgan fingerprint density at radius 1 is 1.03 bits per heavy atom. The minimum absolute atomic E-state index is 0.0524. The second-order valence-electron chi connectivity index (χ2n) is 7.52. The number of carbonyl (C=O) groups is 2. The Morgan fingerprint density at radius 2 is 1.69 bits per heavy atom. The molecule has 1 amide bonds. The van der Waals surface area contributed by atoms with Gasteiger partial charge in [-0.1, -0.05) is 29.8 Å². The van der Waals surface area contributed by atoms with Gasteiger partial charge >= 0.3 is 0 Å². The van der Waals surface area contributed by atoms with Gasteiger partial charge < -0.3 is 10.1 Å². The fraction of sp³-hybridized carbons (Fsp3) is 0.364. The minimum Gasteiger partial charge on any atom is -0.496 e. The molecule has 0 spiro atoms. The summed E-state index contributed by atoms with van der Waals surface area (Å²) < 4.78 is 29.3. The molecule has 0 radical (unpaired) electrons. The average Bonchev–Trinajstić information content (AvgIpc) is 2.69. The number of rotatable bonds is 5.